The van der Waals surface area contributed by atoms with E-state index in [1.165, 1.54) is 11.8 Å². The summed E-state index contributed by atoms with van der Waals surface area (Å²) in [6, 6.07) is 5.49. The van der Waals surface area contributed by atoms with E-state index in [-0.39, 0.29) is 12.0 Å². The summed E-state index contributed by atoms with van der Waals surface area (Å²) in [5.41, 5.74) is 0.744. The molecule has 5 heteroatoms. The number of carboxylic acids is 1. The zero-order chi connectivity index (χ0) is 15.9. The number of thioether (sulfide) groups is 1. The topological polar surface area (TPSA) is 69.6 Å². The molecule has 0 amide bonds. The van der Waals surface area contributed by atoms with E-state index in [1.807, 2.05) is 32.9 Å². The fraction of sp³-hybridized carbons (Fsp3) is 0.562. The van der Waals surface area contributed by atoms with E-state index in [2.05, 4.69) is 5.32 Å². The van der Waals surface area contributed by atoms with Gasteiger partial charge < -0.3 is 15.5 Å². The summed E-state index contributed by atoms with van der Waals surface area (Å²) in [6.07, 6.45) is 1.69. The van der Waals surface area contributed by atoms with E-state index in [0.29, 0.717) is 17.8 Å². The minimum atomic E-state index is -0.920. The predicted octanol–water partition coefficient (Wildman–Crippen LogP) is 3.71. The molecule has 0 unspecified atom stereocenters. The third-order valence-electron chi connectivity index (χ3n) is 4.03. The van der Waals surface area contributed by atoms with Crippen molar-refractivity contribution >= 4 is 23.4 Å². The second-order valence-electron chi connectivity index (χ2n) is 5.14. The minimum Gasteiger partial charge on any atom is -0.478 e. The van der Waals surface area contributed by atoms with Crippen molar-refractivity contribution in [3.05, 3.63) is 23.8 Å². The van der Waals surface area contributed by atoms with Crippen LogP contribution in [0.1, 0.15) is 44.0 Å². The molecule has 0 bridgehead atoms. The lowest BCUT2D eigenvalue weighted by Crippen LogP contribution is -2.32. The molecule has 1 aromatic carbocycles. The molecule has 3 N–H and O–H groups in total. The highest BCUT2D eigenvalue weighted by atomic mass is 32.2. The number of nitrogens with one attached hydrogen (secondary N) is 1. The largest absolute Gasteiger partial charge is 0.478 e. The van der Waals surface area contributed by atoms with Crippen molar-refractivity contribution in [3.8, 4) is 0 Å². The first-order chi connectivity index (χ1) is 10.0. The van der Waals surface area contributed by atoms with Crippen molar-refractivity contribution in [1.82, 2.24) is 0 Å². The second kappa shape index (κ2) is 8.29. The van der Waals surface area contributed by atoms with Gasteiger partial charge in [-0.15, -0.1) is 11.8 Å². The van der Waals surface area contributed by atoms with Gasteiger partial charge in [0.25, 0.3) is 0 Å². The Labute approximate surface area is 131 Å². The Balaban J connectivity index is 3.02. The van der Waals surface area contributed by atoms with Crippen molar-refractivity contribution in [2.75, 3.05) is 24.2 Å². The smallest absolute Gasteiger partial charge is 0.338 e. The van der Waals surface area contributed by atoms with E-state index in [0.717, 1.165) is 23.5 Å². The normalized spacial score (nSPS) is 11.4. The van der Waals surface area contributed by atoms with Gasteiger partial charge in [-0.3, -0.25) is 0 Å². The molecule has 118 valence electrons. The maximum absolute atomic E-state index is 11.5. The summed E-state index contributed by atoms with van der Waals surface area (Å²) in [5, 5.41) is 22.3. The first kappa shape index (κ1) is 17.9. The molecule has 0 fully saturated rings. The van der Waals surface area contributed by atoms with Gasteiger partial charge in [-0.1, -0.05) is 26.8 Å². The van der Waals surface area contributed by atoms with Gasteiger partial charge in [0.15, 0.2) is 0 Å². The monoisotopic (exact) mass is 311 g/mol. The lowest BCUT2D eigenvalue weighted by atomic mass is 9.83. The first-order valence-corrected chi connectivity index (χ1v) is 8.36. The quantitative estimate of drug-likeness (QED) is 0.607. The molecular weight excluding hydrogens is 286 g/mol. The maximum Gasteiger partial charge on any atom is 0.338 e. The van der Waals surface area contributed by atoms with Gasteiger partial charge in [0, 0.05) is 22.5 Å². The summed E-state index contributed by atoms with van der Waals surface area (Å²) in [4.78, 5) is 12.3. The van der Waals surface area contributed by atoms with Gasteiger partial charge in [-0.2, -0.15) is 0 Å². The van der Waals surface area contributed by atoms with Crippen LogP contribution in [0.4, 0.5) is 5.69 Å². The third-order valence-corrected chi connectivity index (χ3v) is 4.97. The molecular formula is C16H25NO3S. The fourth-order valence-corrected chi connectivity index (χ4v) is 3.06. The van der Waals surface area contributed by atoms with Gasteiger partial charge >= 0.3 is 5.97 Å². The van der Waals surface area contributed by atoms with Crippen LogP contribution in [-0.4, -0.2) is 35.1 Å². The molecule has 0 heterocycles. The summed E-state index contributed by atoms with van der Waals surface area (Å²) < 4.78 is 0. The van der Waals surface area contributed by atoms with Crippen molar-refractivity contribution < 1.29 is 15.0 Å². The molecule has 4 nitrogen and oxygen atoms in total. The first-order valence-electron chi connectivity index (χ1n) is 7.37. The Morgan fingerprint density at radius 3 is 2.43 bits per heavy atom. The fourth-order valence-electron chi connectivity index (χ4n) is 2.24. The third kappa shape index (κ3) is 4.38. The molecule has 1 aromatic rings. The zero-order valence-corrected chi connectivity index (χ0v) is 13.8. The average Bonchev–Trinajstić information content (AvgIpc) is 2.49. The van der Waals surface area contributed by atoms with Crippen LogP contribution in [0.2, 0.25) is 0 Å². The van der Waals surface area contributed by atoms with Crippen molar-refractivity contribution in [1.29, 1.82) is 0 Å². The van der Waals surface area contributed by atoms with E-state index < -0.39 is 5.97 Å². The van der Waals surface area contributed by atoms with E-state index in [1.54, 1.807) is 6.07 Å². The molecule has 0 aliphatic heterocycles. The molecule has 0 saturated carbocycles. The van der Waals surface area contributed by atoms with E-state index >= 15 is 0 Å². The van der Waals surface area contributed by atoms with Crippen molar-refractivity contribution in [3.63, 3.8) is 0 Å². The SMILES string of the molecule is CCSc1cccc(NCC(CC)(CC)CO)c1C(=O)O. The van der Waals surface area contributed by atoms with Crippen molar-refractivity contribution in [2.24, 2.45) is 5.41 Å². The summed E-state index contributed by atoms with van der Waals surface area (Å²) >= 11 is 1.52. The molecule has 0 atom stereocenters. The number of aliphatic hydroxyl groups is 1. The molecule has 0 spiro atoms. The standard InChI is InChI=1S/C16H25NO3S/c1-4-16(5-2,11-18)10-17-12-8-7-9-13(21-6-3)14(12)15(19)20/h7-9,17-18H,4-6,10-11H2,1-3H3,(H,19,20). The molecule has 0 aliphatic rings. The Morgan fingerprint density at radius 1 is 1.29 bits per heavy atom. The van der Waals surface area contributed by atoms with Crippen LogP contribution in [0.15, 0.2) is 23.1 Å². The van der Waals surface area contributed by atoms with Crippen LogP contribution < -0.4 is 5.32 Å². The zero-order valence-electron chi connectivity index (χ0n) is 13.0. The Morgan fingerprint density at radius 2 is 1.95 bits per heavy atom. The molecule has 21 heavy (non-hydrogen) atoms. The van der Waals surface area contributed by atoms with Crippen LogP contribution in [-0.2, 0) is 0 Å². The Kier molecular flexibility index (Phi) is 7.05. The van der Waals surface area contributed by atoms with Crippen LogP contribution in [0, 0.1) is 5.41 Å². The Bertz CT molecular complexity index is 464. The number of benzene rings is 1. The number of hydrogen-bond acceptors (Lipinski definition) is 4. The number of rotatable bonds is 9. The van der Waals surface area contributed by atoms with Gasteiger partial charge in [0.05, 0.1) is 12.2 Å². The minimum absolute atomic E-state index is 0.0960. The van der Waals surface area contributed by atoms with E-state index in [4.69, 9.17) is 0 Å². The van der Waals surface area contributed by atoms with Gasteiger partial charge in [-0.25, -0.2) is 4.79 Å². The van der Waals surface area contributed by atoms with Gasteiger partial charge in [0.1, 0.15) is 0 Å². The second-order valence-corrected chi connectivity index (χ2v) is 6.44. The molecule has 0 saturated heterocycles. The van der Waals surface area contributed by atoms with Gasteiger partial charge in [-0.05, 0) is 30.7 Å². The number of hydrogen-bond donors (Lipinski definition) is 3. The van der Waals surface area contributed by atoms with Crippen molar-refractivity contribution in [2.45, 2.75) is 38.5 Å². The average molecular weight is 311 g/mol. The molecule has 0 radical (unpaired) electrons. The number of anilines is 1. The van der Waals surface area contributed by atoms with E-state index in [9.17, 15) is 15.0 Å². The van der Waals surface area contributed by atoms with Crippen LogP contribution in [0.5, 0.6) is 0 Å². The lowest BCUT2D eigenvalue weighted by Gasteiger charge is -2.30. The van der Waals surface area contributed by atoms with Gasteiger partial charge in [0.2, 0.25) is 0 Å². The number of aliphatic hydroxyl groups excluding tert-OH is 1. The molecule has 0 aromatic heterocycles. The molecule has 1 rings (SSSR count). The highest BCUT2D eigenvalue weighted by Gasteiger charge is 2.26. The number of carbonyl (C=O) groups is 1. The summed E-state index contributed by atoms with van der Waals surface area (Å²) in [6.45, 7) is 6.75. The predicted molar refractivity (Wildman–Crippen MR) is 88.4 cm³/mol. The van der Waals surface area contributed by atoms with Crippen LogP contribution in [0.25, 0.3) is 0 Å². The number of carboxylic acid groups (broad SMARTS) is 1. The molecule has 0 aliphatic carbocycles. The maximum atomic E-state index is 11.5. The van der Waals surface area contributed by atoms with Crippen LogP contribution >= 0.6 is 11.8 Å². The lowest BCUT2D eigenvalue weighted by molar-refractivity contribution is 0.0694. The summed E-state index contributed by atoms with van der Waals surface area (Å²) in [5.74, 6) is -0.0922. The van der Waals surface area contributed by atoms with Crippen LogP contribution in [0.3, 0.4) is 0 Å². The highest BCUT2D eigenvalue weighted by molar-refractivity contribution is 7.99. The highest BCUT2D eigenvalue weighted by Crippen LogP contribution is 2.31. The summed E-state index contributed by atoms with van der Waals surface area (Å²) in [7, 11) is 0. The number of aromatic carboxylic acids is 1. The Hall–Kier alpha value is -1.20.